The summed E-state index contributed by atoms with van der Waals surface area (Å²) < 4.78 is 0. The molecule has 0 amide bonds. The average Bonchev–Trinajstić information content (AvgIpc) is 1.78. The Morgan fingerprint density at radius 1 is 1.31 bits per heavy atom. The van der Waals surface area contributed by atoms with Crippen molar-refractivity contribution < 1.29 is 0 Å². The molecule has 74 valence electrons. The molecule has 0 bridgehead atoms. The van der Waals surface area contributed by atoms with E-state index < -0.39 is 0 Å². The molecule has 1 fully saturated rings. The van der Waals surface area contributed by atoms with E-state index in [9.17, 15) is 0 Å². The summed E-state index contributed by atoms with van der Waals surface area (Å²) in [5.41, 5.74) is 0.449. The predicted octanol–water partition coefficient (Wildman–Crippen LogP) is 3.69. The number of hydrogen-bond acceptors (Lipinski definition) is 2. The molecule has 1 aliphatic carbocycles. The van der Waals surface area contributed by atoms with Crippen LogP contribution < -0.4 is 0 Å². The van der Waals surface area contributed by atoms with Crippen molar-refractivity contribution in [2.75, 3.05) is 0 Å². The van der Waals surface area contributed by atoms with Gasteiger partial charge in [-0.2, -0.15) is 0 Å². The van der Waals surface area contributed by atoms with Crippen LogP contribution in [0.25, 0.3) is 0 Å². The second-order valence-corrected chi connectivity index (χ2v) is 5.74. The zero-order valence-electron chi connectivity index (χ0n) is 9.05. The summed E-state index contributed by atoms with van der Waals surface area (Å²) in [7, 11) is 0. The van der Waals surface area contributed by atoms with Crippen molar-refractivity contribution in [1.82, 2.24) is 0 Å². The summed E-state index contributed by atoms with van der Waals surface area (Å²) in [5.74, 6) is 0.751. The fourth-order valence-corrected chi connectivity index (χ4v) is 3.36. The minimum absolute atomic E-state index is 0.0446. The van der Waals surface area contributed by atoms with E-state index in [1.54, 1.807) is 0 Å². The molecule has 2 unspecified atom stereocenters. The van der Waals surface area contributed by atoms with Crippen molar-refractivity contribution in [2.45, 2.75) is 52.5 Å². The molecule has 0 aromatic heterocycles. The van der Waals surface area contributed by atoms with E-state index in [2.05, 4.69) is 37.8 Å². The maximum absolute atomic E-state index is 4.70. The van der Waals surface area contributed by atoms with Crippen LogP contribution in [0.1, 0.15) is 47.0 Å². The molecule has 0 aliphatic heterocycles. The van der Waals surface area contributed by atoms with E-state index in [0.29, 0.717) is 5.41 Å². The number of nitrogens with zero attached hydrogens (tertiary/aromatic N) is 1. The van der Waals surface area contributed by atoms with Gasteiger partial charge in [-0.15, -0.1) is 0 Å². The third kappa shape index (κ3) is 2.89. The lowest BCUT2D eigenvalue weighted by atomic mass is 9.65. The molecule has 1 aliphatic rings. The Hall–Kier alpha value is -0.200. The molecule has 1 rings (SSSR count). The number of hydrogen-bond donors (Lipinski definition) is 0. The van der Waals surface area contributed by atoms with Gasteiger partial charge in [0.25, 0.3) is 0 Å². The van der Waals surface area contributed by atoms with Gasteiger partial charge in [-0.05, 0) is 49.7 Å². The van der Waals surface area contributed by atoms with Gasteiger partial charge in [-0.1, -0.05) is 20.8 Å². The van der Waals surface area contributed by atoms with E-state index in [4.69, 9.17) is 12.2 Å². The molecule has 0 heterocycles. The van der Waals surface area contributed by atoms with Crippen molar-refractivity contribution in [1.29, 1.82) is 0 Å². The Morgan fingerprint density at radius 3 is 2.38 bits per heavy atom. The SMILES string of the molecule is CC1CC(C)(C)CC(C)(N=C=S)C1. The summed E-state index contributed by atoms with van der Waals surface area (Å²) in [6.07, 6.45) is 3.59. The molecule has 1 nitrogen and oxygen atoms in total. The quantitative estimate of drug-likeness (QED) is 0.461. The van der Waals surface area contributed by atoms with E-state index in [1.807, 2.05) is 0 Å². The highest BCUT2D eigenvalue weighted by Gasteiger charge is 2.39. The monoisotopic (exact) mass is 197 g/mol. The summed E-state index contributed by atoms with van der Waals surface area (Å²) in [6, 6.07) is 0. The Labute approximate surface area is 86.6 Å². The number of aliphatic imine (C=N–C) groups is 1. The van der Waals surface area contributed by atoms with Crippen LogP contribution in [0, 0.1) is 11.3 Å². The zero-order valence-corrected chi connectivity index (χ0v) is 9.87. The predicted molar refractivity (Wildman–Crippen MR) is 60.2 cm³/mol. The van der Waals surface area contributed by atoms with Gasteiger partial charge < -0.3 is 0 Å². The summed E-state index contributed by atoms with van der Waals surface area (Å²) in [5, 5.41) is 2.54. The molecule has 2 heteroatoms. The molecular weight excluding hydrogens is 178 g/mol. The normalized spacial score (nSPS) is 38.0. The number of thiocarbonyl (C=S) groups is 1. The lowest BCUT2D eigenvalue weighted by Crippen LogP contribution is -2.38. The standard InChI is InChI=1S/C11H19NS/c1-9-5-10(2,3)7-11(4,6-9)12-8-13/h9H,5-7H2,1-4H3. The van der Waals surface area contributed by atoms with Crippen molar-refractivity contribution in [2.24, 2.45) is 16.3 Å². The molecular formula is C11H19NS. The smallest absolute Gasteiger partial charge is 0.0690 e. The average molecular weight is 197 g/mol. The van der Waals surface area contributed by atoms with E-state index in [0.717, 1.165) is 18.8 Å². The van der Waals surface area contributed by atoms with Gasteiger partial charge in [0.15, 0.2) is 0 Å². The second kappa shape index (κ2) is 3.51. The van der Waals surface area contributed by atoms with Gasteiger partial charge in [0.05, 0.1) is 10.7 Å². The number of isothiocyanates is 1. The lowest BCUT2D eigenvalue weighted by Gasteiger charge is -2.42. The lowest BCUT2D eigenvalue weighted by molar-refractivity contribution is 0.121. The van der Waals surface area contributed by atoms with Crippen molar-refractivity contribution >= 4 is 17.4 Å². The third-order valence-electron chi connectivity index (χ3n) is 2.86. The Balaban J connectivity index is 2.83. The first-order chi connectivity index (χ1) is 5.87. The maximum atomic E-state index is 4.70. The van der Waals surface area contributed by atoms with E-state index in [1.165, 1.54) is 6.42 Å². The maximum Gasteiger partial charge on any atom is 0.0690 e. The molecule has 0 saturated heterocycles. The van der Waals surface area contributed by atoms with E-state index in [-0.39, 0.29) is 5.54 Å². The Bertz CT molecular complexity index is 240. The van der Waals surface area contributed by atoms with Gasteiger partial charge in [0.2, 0.25) is 0 Å². The van der Waals surface area contributed by atoms with Crippen LogP contribution in [-0.4, -0.2) is 10.7 Å². The fourth-order valence-electron chi connectivity index (χ4n) is 3.14. The van der Waals surface area contributed by atoms with Crippen LogP contribution in [-0.2, 0) is 0 Å². The molecule has 0 aromatic carbocycles. The van der Waals surface area contributed by atoms with Gasteiger partial charge in [0.1, 0.15) is 0 Å². The highest BCUT2D eigenvalue weighted by Crippen LogP contribution is 2.45. The molecule has 0 aromatic rings. The van der Waals surface area contributed by atoms with Crippen molar-refractivity contribution in [3.05, 3.63) is 0 Å². The molecule has 1 saturated carbocycles. The van der Waals surface area contributed by atoms with Crippen LogP contribution in [0.15, 0.2) is 4.99 Å². The summed E-state index contributed by atoms with van der Waals surface area (Å²) >= 11 is 4.70. The molecule has 2 atom stereocenters. The Kier molecular flexibility index (Phi) is 2.94. The van der Waals surface area contributed by atoms with Crippen LogP contribution in [0.4, 0.5) is 0 Å². The summed E-state index contributed by atoms with van der Waals surface area (Å²) in [6.45, 7) is 9.14. The first kappa shape index (κ1) is 10.9. The zero-order chi connectivity index (χ0) is 10.1. The molecule has 13 heavy (non-hydrogen) atoms. The first-order valence-corrected chi connectivity index (χ1v) is 5.37. The molecule has 0 spiro atoms. The van der Waals surface area contributed by atoms with Gasteiger partial charge in [-0.25, -0.2) is 4.99 Å². The summed E-state index contributed by atoms with van der Waals surface area (Å²) in [4.78, 5) is 4.33. The van der Waals surface area contributed by atoms with Gasteiger partial charge in [-0.3, -0.25) is 0 Å². The van der Waals surface area contributed by atoms with Crippen LogP contribution >= 0.6 is 12.2 Å². The fraction of sp³-hybridized carbons (Fsp3) is 0.909. The van der Waals surface area contributed by atoms with Gasteiger partial charge >= 0.3 is 0 Å². The van der Waals surface area contributed by atoms with Crippen LogP contribution in [0.2, 0.25) is 0 Å². The molecule has 0 radical (unpaired) electrons. The molecule has 0 N–H and O–H groups in total. The van der Waals surface area contributed by atoms with Crippen LogP contribution in [0.3, 0.4) is 0 Å². The van der Waals surface area contributed by atoms with Crippen molar-refractivity contribution in [3.8, 4) is 0 Å². The largest absolute Gasteiger partial charge is 0.226 e. The topological polar surface area (TPSA) is 12.4 Å². The van der Waals surface area contributed by atoms with E-state index >= 15 is 0 Å². The minimum Gasteiger partial charge on any atom is -0.226 e. The second-order valence-electron chi connectivity index (χ2n) is 5.55. The Morgan fingerprint density at radius 2 is 1.92 bits per heavy atom. The third-order valence-corrected chi connectivity index (χ3v) is 2.96. The first-order valence-electron chi connectivity index (χ1n) is 4.96. The minimum atomic E-state index is 0.0446. The highest BCUT2D eigenvalue weighted by atomic mass is 32.1. The van der Waals surface area contributed by atoms with Gasteiger partial charge in [0, 0.05) is 0 Å². The number of rotatable bonds is 1. The van der Waals surface area contributed by atoms with Crippen molar-refractivity contribution in [3.63, 3.8) is 0 Å². The van der Waals surface area contributed by atoms with Crippen LogP contribution in [0.5, 0.6) is 0 Å². The highest BCUT2D eigenvalue weighted by molar-refractivity contribution is 7.78.